The Morgan fingerprint density at radius 3 is 1.92 bits per heavy atom. The summed E-state index contributed by atoms with van der Waals surface area (Å²) in [5.74, 6) is 0. The van der Waals surface area contributed by atoms with Gasteiger partial charge in [-0.25, -0.2) is 0 Å². The van der Waals surface area contributed by atoms with Gasteiger partial charge in [-0.2, -0.15) is 10.4 Å². The van der Waals surface area contributed by atoms with E-state index >= 15 is 0 Å². The number of hydroxylamine groups is 4. The Morgan fingerprint density at radius 1 is 0.846 bits per heavy atom. The number of hydrogen-bond acceptors (Lipinski definition) is 2. The van der Waals surface area contributed by atoms with Crippen LogP contribution in [0, 0.1) is 0 Å². The first-order chi connectivity index (χ1) is 5.62. The summed E-state index contributed by atoms with van der Waals surface area (Å²) < 4.78 is 0. The van der Waals surface area contributed by atoms with Gasteiger partial charge in [0.15, 0.2) is 0 Å². The van der Waals surface area contributed by atoms with E-state index in [1.807, 2.05) is 6.92 Å². The summed E-state index contributed by atoms with van der Waals surface area (Å²) in [5, 5.41) is 18.6. The van der Waals surface area contributed by atoms with Crippen molar-refractivity contribution in [1.29, 1.82) is 0 Å². The lowest BCUT2D eigenvalue weighted by Gasteiger charge is -2.20. The van der Waals surface area contributed by atoms with Crippen molar-refractivity contribution in [2.45, 2.75) is 46.0 Å². The van der Waals surface area contributed by atoms with Gasteiger partial charge in [-0.15, -0.1) is 0 Å². The van der Waals surface area contributed by atoms with E-state index in [0.29, 0.717) is 13.1 Å². The first-order valence-corrected chi connectivity index (χ1v) is 4.95. The van der Waals surface area contributed by atoms with Crippen molar-refractivity contribution in [3.63, 3.8) is 0 Å². The topological polar surface area (TPSA) is 40.5 Å². The number of halogens is 1. The average molecular weight is 212 g/mol. The SMILES string of the molecule is CCCCCC[N+](O)(O)CCC.[Cl-]. The van der Waals surface area contributed by atoms with Crippen molar-refractivity contribution in [2.75, 3.05) is 13.1 Å². The third-order valence-electron chi connectivity index (χ3n) is 1.95. The summed E-state index contributed by atoms with van der Waals surface area (Å²) in [7, 11) is 0. The maximum Gasteiger partial charge on any atom is 0.142 e. The highest BCUT2D eigenvalue weighted by atomic mass is 35.5. The molecular weight excluding hydrogens is 190 g/mol. The molecule has 0 saturated heterocycles. The van der Waals surface area contributed by atoms with Crippen LogP contribution in [0.4, 0.5) is 0 Å². The summed E-state index contributed by atoms with van der Waals surface area (Å²) >= 11 is 0. The number of hydrogen-bond donors (Lipinski definition) is 2. The van der Waals surface area contributed by atoms with Crippen molar-refractivity contribution >= 4 is 0 Å². The van der Waals surface area contributed by atoms with Gasteiger partial charge in [-0.1, -0.05) is 26.7 Å². The molecule has 0 amide bonds. The Hall–Kier alpha value is 0.170. The number of nitrogens with zero attached hydrogens (tertiary/aromatic N) is 1. The molecular formula is C9H22ClNO2. The lowest BCUT2D eigenvalue weighted by atomic mass is 10.2. The van der Waals surface area contributed by atoms with Crippen LogP contribution in [-0.4, -0.2) is 28.3 Å². The van der Waals surface area contributed by atoms with Crippen molar-refractivity contribution < 1.29 is 27.6 Å². The van der Waals surface area contributed by atoms with E-state index in [1.54, 1.807) is 0 Å². The van der Waals surface area contributed by atoms with Gasteiger partial charge in [0, 0.05) is 6.42 Å². The minimum atomic E-state index is -0.791. The lowest BCUT2D eigenvalue weighted by Crippen LogP contribution is -3.00. The third kappa shape index (κ3) is 10.1. The Kier molecular flexibility index (Phi) is 10.5. The van der Waals surface area contributed by atoms with Gasteiger partial charge in [0.25, 0.3) is 0 Å². The fraction of sp³-hybridized carbons (Fsp3) is 1.00. The van der Waals surface area contributed by atoms with Gasteiger partial charge in [0.05, 0.1) is 0 Å². The molecule has 4 heteroatoms. The molecule has 0 aliphatic rings. The second-order valence-electron chi connectivity index (χ2n) is 3.39. The van der Waals surface area contributed by atoms with Gasteiger partial charge in [0.1, 0.15) is 13.1 Å². The average Bonchev–Trinajstić information content (AvgIpc) is 1.98. The second kappa shape index (κ2) is 8.75. The minimum Gasteiger partial charge on any atom is -1.00 e. The van der Waals surface area contributed by atoms with Gasteiger partial charge < -0.3 is 12.4 Å². The monoisotopic (exact) mass is 211 g/mol. The maximum absolute atomic E-state index is 9.31. The summed E-state index contributed by atoms with van der Waals surface area (Å²) in [4.78, 5) is -0.791. The quantitative estimate of drug-likeness (QED) is 0.341. The zero-order chi connectivity index (χ0) is 9.45. The van der Waals surface area contributed by atoms with E-state index in [0.717, 1.165) is 19.3 Å². The third-order valence-corrected chi connectivity index (χ3v) is 1.95. The fourth-order valence-electron chi connectivity index (χ4n) is 1.26. The van der Waals surface area contributed by atoms with Crippen molar-refractivity contribution in [2.24, 2.45) is 0 Å². The van der Waals surface area contributed by atoms with Crippen LogP contribution < -0.4 is 12.4 Å². The fourth-order valence-corrected chi connectivity index (χ4v) is 1.26. The van der Waals surface area contributed by atoms with Crippen LogP contribution in [0.15, 0.2) is 0 Å². The van der Waals surface area contributed by atoms with Gasteiger partial charge in [0.2, 0.25) is 0 Å². The standard InChI is InChI=1S/C9H22NO2.ClH/c1-3-5-6-7-9-10(11,12)8-4-2;/h11-12H,3-9H2,1-2H3;1H/q+1;/p-1. The molecule has 0 saturated carbocycles. The first-order valence-electron chi connectivity index (χ1n) is 4.95. The Bertz CT molecular complexity index is 110. The Labute approximate surface area is 87.3 Å². The molecule has 0 aromatic heterocycles. The molecule has 0 spiro atoms. The molecule has 0 aliphatic carbocycles. The maximum atomic E-state index is 9.31. The number of rotatable bonds is 7. The molecule has 0 radical (unpaired) electrons. The molecule has 0 rings (SSSR count). The highest BCUT2D eigenvalue weighted by molar-refractivity contribution is 4.38. The van der Waals surface area contributed by atoms with Crippen LogP contribution in [0.1, 0.15) is 46.0 Å². The summed E-state index contributed by atoms with van der Waals surface area (Å²) in [6.45, 7) is 5.00. The van der Waals surface area contributed by atoms with Gasteiger partial charge in [-0.05, 0) is 17.7 Å². The van der Waals surface area contributed by atoms with E-state index < -0.39 is 4.81 Å². The van der Waals surface area contributed by atoms with Crippen LogP contribution in [-0.2, 0) is 0 Å². The molecule has 82 valence electrons. The molecule has 0 aromatic carbocycles. The highest BCUT2D eigenvalue weighted by Gasteiger charge is 2.19. The number of unbranched alkanes of at least 4 members (excludes halogenated alkanes) is 3. The highest BCUT2D eigenvalue weighted by Crippen LogP contribution is 2.05. The predicted octanol–water partition coefficient (Wildman–Crippen LogP) is -0.424. The zero-order valence-corrected chi connectivity index (χ0v) is 9.43. The molecule has 0 unspecified atom stereocenters. The van der Waals surface area contributed by atoms with Gasteiger partial charge >= 0.3 is 0 Å². The van der Waals surface area contributed by atoms with E-state index in [2.05, 4.69) is 6.92 Å². The van der Waals surface area contributed by atoms with E-state index in [-0.39, 0.29) is 12.4 Å². The van der Waals surface area contributed by atoms with E-state index in [9.17, 15) is 10.4 Å². The Morgan fingerprint density at radius 2 is 1.46 bits per heavy atom. The van der Waals surface area contributed by atoms with Crippen LogP contribution >= 0.6 is 0 Å². The lowest BCUT2D eigenvalue weighted by molar-refractivity contribution is -1.24. The molecule has 0 aliphatic heterocycles. The van der Waals surface area contributed by atoms with Crippen LogP contribution in [0.5, 0.6) is 0 Å². The largest absolute Gasteiger partial charge is 1.00 e. The van der Waals surface area contributed by atoms with Crippen molar-refractivity contribution in [3.8, 4) is 0 Å². The van der Waals surface area contributed by atoms with Crippen LogP contribution in [0.2, 0.25) is 0 Å². The van der Waals surface area contributed by atoms with Crippen molar-refractivity contribution in [3.05, 3.63) is 0 Å². The summed E-state index contributed by atoms with van der Waals surface area (Å²) in [6, 6.07) is 0. The predicted molar refractivity (Wildman–Crippen MR) is 48.0 cm³/mol. The molecule has 0 bridgehead atoms. The Balaban J connectivity index is 0. The van der Waals surface area contributed by atoms with Crippen molar-refractivity contribution in [1.82, 2.24) is 0 Å². The van der Waals surface area contributed by atoms with E-state index in [1.165, 1.54) is 12.8 Å². The first kappa shape index (κ1) is 15.6. The molecule has 3 nitrogen and oxygen atoms in total. The molecule has 2 N–H and O–H groups in total. The molecule has 0 fully saturated rings. The minimum absolute atomic E-state index is 0. The van der Waals surface area contributed by atoms with Crippen LogP contribution in [0.25, 0.3) is 0 Å². The van der Waals surface area contributed by atoms with E-state index in [4.69, 9.17) is 0 Å². The van der Waals surface area contributed by atoms with Gasteiger partial charge in [-0.3, -0.25) is 0 Å². The number of quaternary nitrogens is 1. The molecule has 0 heterocycles. The van der Waals surface area contributed by atoms with Crippen LogP contribution in [0.3, 0.4) is 0 Å². The summed E-state index contributed by atoms with van der Waals surface area (Å²) in [5.41, 5.74) is 0. The zero-order valence-electron chi connectivity index (χ0n) is 8.67. The normalized spacial score (nSPS) is 11.1. The molecule has 0 atom stereocenters. The molecule has 0 aromatic rings. The smallest absolute Gasteiger partial charge is 0.142 e. The second-order valence-corrected chi connectivity index (χ2v) is 3.39. The summed E-state index contributed by atoms with van der Waals surface area (Å²) in [6.07, 6.45) is 5.18. The molecule has 13 heavy (non-hydrogen) atoms.